The molecule has 0 saturated carbocycles. The van der Waals surface area contributed by atoms with Crippen LogP contribution in [0.5, 0.6) is 0 Å². The first kappa shape index (κ1) is 14.2. The summed E-state index contributed by atoms with van der Waals surface area (Å²) in [5, 5.41) is 9.34. The van der Waals surface area contributed by atoms with Crippen LogP contribution >= 0.6 is 0 Å². The van der Waals surface area contributed by atoms with Gasteiger partial charge in [-0.05, 0) is 24.8 Å². The van der Waals surface area contributed by atoms with Crippen LogP contribution in [-0.2, 0) is 9.53 Å². The molecule has 1 aliphatic rings. The molecule has 0 amide bonds. The summed E-state index contributed by atoms with van der Waals surface area (Å²) in [5.41, 5.74) is 0. The molecule has 0 radical (unpaired) electrons. The number of aromatic nitrogens is 2. The van der Waals surface area contributed by atoms with Gasteiger partial charge in [-0.2, -0.15) is 0 Å². The van der Waals surface area contributed by atoms with E-state index in [0.717, 1.165) is 6.42 Å². The standard InChI is InChI=1S/C13H17N3O4/c1-8-4-6-16(9(7-8)12(17)18)10-3-5-14-11(15-10)13(19)20-2/h3,5,8-9H,4,6-7H2,1-2H3,(H,17,18). The van der Waals surface area contributed by atoms with Gasteiger partial charge >= 0.3 is 11.9 Å². The molecule has 20 heavy (non-hydrogen) atoms. The lowest BCUT2D eigenvalue weighted by Gasteiger charge is -2.36. The highest BCUT2D eigenvalue weighted by Gasteiger charge is 2.32. The van der Waals surface area contributed by atoms with Crippen LogP contribution in [0.1, 0.15) is 30.4 Å². The zero-order chi connectivity index (χ0) is 14.7. The van der Waals surface area contributed by atoms with E-state index in [2.05, 4.69) is 14.7 Å². The molecule has 0 aromatic carbocycles. The number of nitrogens with zero attached hydrogens (tertiary/aromatic N) is 3. The average Bonchev–Trinajstić information content (AvgIpc) is 2.46. The molecule has 1 saturated heterocycles. The van der Waals surface area contributed by atoms with E-state index in [-0.39, 0.29) is 5.82 Å². The van der Waals surface area contributed by atoms with Crippen molar-refractivity contribution in [3.05, 3.63) is 18.1 Å². The number of carbonyl (C=O) groups excluding carboxylic acids is 1. The van der Waals surface area contributed by atoms with Crippen LogP contribution in [0.3, 0.4) is 0 Å². The maximum Gasteiger partial charge on any atom is 0.376 e. The van der Waals surface area contributed by atoms with Crippen LogP contribution in [0.2, 0.25) is 0 Å². The fourth-order valence-electron chi connectivity index (χ4n) is 2.35. The summed E-state index contributed by atoms with van der Waals surface area (Å²) in [4.78, 5) is 32.5. The number of methoxy groups -OCH3 is 1. The Balaban J connectivity index is 2.29. The summed E-state index contributed by atoms with van der Waals surface area (Å²) in [7, 11) is 1.25. The predicted molar refractivity (Wildman–Crippen MR) is 70.5 cm³/mol. The lowest BCUT2D eigenvalue weighted by atomic mass is 9.92. The highest BCUT2D eigenvalue weighted by atomic mass is 16.5. The second-order valence-corrected chi connectivity index (χ2v) is 4.91. The third kappa shape index (κ3) is 2.87. The van der Waals surface area contributed by atoms with Gasteiger partial charge in [0, 0.05) is 12.7 Å². The molecule has 1 N–H and O–H groups in total. The number of esters is 1. The van der Waals surface area contributed by atoms with Gasteiger partial charge in [0.2, 0.25) is 5.82 Å². The van der Waals surface area contributed by atoms with Crippen LogP contribution in [-0.4, -0.2) is 46.7 Å². The number of ether oxygens (including phenoxy) is 1. The highest BCUT2D eigenvalue weighted by molar-refractivity contribution is 5.85. The van der Waals surface area contributed by atoms with Gasteiger partial charge in [0.05, 0.1) is 7.11 Å². The van der Waals surface area contributed by atoms with Crippen molar-refractivity contribution in [2.75, 3.05) is 18.6 Å². The number of carboxylic acid groups (broad SMARTS) is 1. The van der Waals surface area contributed by atoms with Crippen LogP contribution in [0.15, 0.2) is 12.3 Å². The maximum absolute atomic E-state index is 11.4. The summed E-state index contributed by atoms with van der Waals surface area (Å²) < 4.78 is 4.57. The Morgan fingerprint density at radius 2 is 2.25 bits per heavy atom. The zero-order valence-corrected chi connectivity index (χ0v) is 11.4. The quantitative estimate of drug-likeness (QED) is 0.823. The Kier molecular flexibility index (Phi) is 4.16. The van der Waals surface area contributed by atoms with Gasteiger partial charge in [-0.15, -0.1) is 0 Å². The number of hydrogen-bond acceptors (Lipinski definition) is 6. The smallest absolute Gasteiger partial charge is 0.376 e. The molecule has 7 heteroatoms. The van der Waals surface area contributed by atoms with Gasteiger partial charge in [0.1, 0.15) is 11.9 Å². The summed E-state index contributed by atoms with van der Waals surface area (Å²) in [6, 6.07) is 0.984. The molecule has 2 unspecified atom stereocenters. The van der Waals surface area contributed by atoms with E-state index >= 15 is 0 Å². The number of rotatable bonds is 3. The van der Waals surface area contributed by atoms with Crippen LogP contribution in [0, 0.1) is 5.92 Å². The summed E-state index contributed by atoms with van der Waals surface area (Å²) in [6.45, 7) is 2.63. The SMILES string of the molecule is COC(=O)c1nccc(N2CCC(C)CC2C(=O)O)n1. The number of anilines is 1. The van der Waals surface area contributed by atoms with Gasteiger partial charge in [0.15, 0.2) is 0 Å². The second kappa shape index (κ2) is 5.85. The Bertz CT molecular complexity index is 520. The molecule has 0 bridgehead atoms. The molecule has 108 valence electrons. The molecule has 2 heterocycles. The van der Waals surface area contributed by atoms with E-state index in [1.165, 1.54) is 13.3 Å². The average molecular weight is 279 g/mol. The Labute approximate surface area is 116 Å². The number of piperidine rings is 1. The molecular weight excluding hydrogens is 262 g/mol. The monoisotopic (exact) mass is 279 g/mol. The van der Waals surface area contributed by atoms with Gasteiger partial charge in [-0.3, -0.25) is 0 Å². The molecule has 2 rings (SSSR count). The summed E-state index contributed by atoms with van der Waals surface area (Å²) >= 11 is 0. The molecule has 0 aliphatic carbocycles. The number of aliphatic carboxylic acids is 1. The Morgan fingerprint density at radius 1 is 1.50 bits per heavy atom. The molecule has 0 spiro atoms. The lowest BCUT2D eigenvalue weighted by molar-refractivity contribution is -0.139. The largest absolute Gasteiger partial charge is 0.480 e. The molecule has 1 aliphatic heterocycles. The van der Waals surface area contributed by atoms with Gasteiger partial charge in [-0.25, -0.2) is 19.6 Å². The molecule has 2 atom stereocenters. The van der Waals surface area contributed by atoms with Crippen molar-refractivity contribution in [3.8, 4) is 0 Å². The van der Waals surface area contributed by atoms with Crippen molar-refractivity contribution in [2.24, 2.45) is 5.92 Å². The Morgan fingerprint density at radius 3 is 2.90 bits per heavy atom. The third-order valence-electron chi connectivity index (χ3n) is 3.45. The first-order valence-corrected chi connectivity index (χ1v) is 6.43. The van der Waals surface area contributed by atoms with E-state index in [0.29, 0.717) is 24.7 Å². The first-order valence-electron chi connectivity index (χ1n) is 6.43. The van der Waals surface area contributed by atoms with Crippen molar-refractivity contribution in [1.29, 1.82) is 0 Å². The normalized spacial score (nSPS) is 22.4. The van der Waals surface area contributed by atoms with E-state index < -0.39 is 18.0 Å². The van der Waals surface area contributed by atoms with Gasteiger partial charge in [-0.1, -0.05) is 6.92 Å². The number of carboxylic acids is 1. The van der Waals surface area contributed by atoms with E-state index in [1.54, 1.807) is 11.0 Å². The van der Waals surface area contributed by atoms with Crippen LogP contribution < -0.4 is 4.90 Å². The van der Waals surface area contributed by atoms with Crippen molar-refractivity contribution >= 4 is 17.8 Å². The minimum atomic E-state index is -0.880. The van der Waals surface area contributed by atoms with Gasteiger partial charge < -0.3 is 14.7 Å². The van der Waals surface area contributed by atoms with E-state index in [4.69, 9.17) is 0 Å². The highest BCUT2D eigenvalue weighted by Crippen LogP contribution is 2.26. The molecule has 1 aromatic rings. The first-order chi connectivity index (χ1) is 9.52. The number of carbonyl (C=O) groups is 2. The fourth-order valence-corrected chi connectivity index (χ4v) is 2.35. The van der Waals surface area contributed by atoms with E-state index in [1.807, 2.05) is 6.92 Å². The number of hydrogen-bond donors (Lipinski definition) is 1. The van der Waals surface area contributed by atoms with Crippen molar-refractivity contribution in [1.82, 2.24) is 9.97 Å². The predicted octanol–water partition coefficient (Wildman–Crippen LogP) is 0.953. The van der Waals surface area contributed by atoms with Crippen molar-refractivity contribution < 1.29 is 19.4 Å². The van der Waals surface area contributed by atoms with Crippen molar-refractivity contribution in [2.45, 2.75) is 25.8 Å². The molecule has 1 aromatic heterocycles. The molecule has 7 nitrogen and oxygen atoms in total. The van der Waals surface area contributed by atoms with Crippen LogP contribution in [0.25, 0.3) is 0 Å². The van der Waals surface area contributed by atoms with E-state index in [9.17, 15) is 14.7 Å². The molecular formula is C13H17N3O4. The molecule has 1 fully saturated rings. The van der Waals surface area contributed by atoms with Crippen molar-refractivity contribution in [3.63, 3.8) is 0 Å². The minimum Gasteiger partial charge on any atom is -0.480 e. The fraction of sp³-hybridized carbons (Fsp3) is 0.538. The van der Waals surface area contributed by atoms with Gasteiger partial charge in [0.25, 0.3) is 0 Å². The minimum absolute atomic E-state index is 0.0623. The Hall–Kier alpha value is -2.18. The van der Waals surface area contributed by atoms with Crippen LogP contribution in [0.4, 0.5) is 5.82 Å². The summed E-state index contributed by atoms with van der Waals surface area (Å²) in [5.74, 6) is -0.777. The zero-order valence-electron chi connectivity index (χ0n) is 11.4. The topological polar surface area (TPSA) is 92.6 Å². The maximum atomic E-state index is 11.4. The summed E-state index contributed by atoms with van der Waals surface area (Å²) in [6.07, 6.45) is 2.89. The lowest BCUT2D eigenvalue weighted by Crippen LogP contribution is -2.47. The second-order valence-electron chi connectivity index (χ2n) is 4.91. The third-order valence-corrected chi connectivity index (χ3v) is 3.45.